The summed E-state index contributed by atoms with van der Waals surface area (Å²) in [5.41, 5.74) is -0.261. The van der Waals surface area contributed by atoms with Gasteiger partial charge in [0.2, 0.25) is 5.91 Å². The van der Waals surface area contributed by atoms with E-state index in [0.29, 0.717) is 0 Å². The van der Waals surface area contributed by atoms with Crippen molar-refractivity contribution in [3.63, 3.8) is 0 Å². The minimum absolute atomic E-state index is 0.103. The molecule has 0 aliphatic heterocycles. The van der Waals surface area contributed by atoms with Crippen molar-refractivity contribution in [1.82, 2.24) is 9.78 Å². The summed E-state index contributed by atoms with van der Waals surface area (Å²) in [6, 6.07) is 3.70. The summed E-state index contributed by atoms with van der Waals surface area (Å²) in [6.45, 7) is 1.69. The fourth-order valence-corrected chi connectivity index (χ4v) is 2.05. The minimum atomic E-state index is -0.599. The van der Waals surface area contributed by atoms with E-state index in [1.807, 2.05) is 0 Å². The summed E-state index contributed by atoms with van der Waals surface area (Å²) in [5, 5.41) is 27.8. The fraction of sp³-hybridized carbons (Fsp3) is 0.231. The Hall–Kier alpha value is -3.01. The van der Waals surface area contributed by atoms with Crippen molar-refractivity contribution in [2.24, 2.45) is 5.92 Å². The molecule has 1 amide bonds. The Morgan fingerprint density at radius 2 is 2.00 bits per heavy atom. The second-order valence-corrected chi connectivity index (χ2v) is 5.40. The maximum absolute atomic E-state index is 12.2. The smallest absolute Gasteiger partial charge is 0.306 e. The fourth-order valence-electron chi connectivity index (χ4n) is 1.89. The van der Waals surface area contributed by atoms with Crippen molar-refractivity contribution in [1.29, 1.82) is 0 Å². The van der Waals surface area contributed by atoms with E-state index >= 15 is 0 Å². The van der Waals surface area contributed by atoms with Gasteiger partial charge in [0.15, 0.2) is 0 Å². The first-order valence-corrected chi connectivity index (χ1v) is 7.07. The first-order chi connectivity index (χ1) is 11.3. The predicted octanol–water partition coefficient (Wildman–Crippen LogP) is 2.63. The number of non-ortho nitro benzene ring substituents is 1. The first kappa shape index (κ1) is 17.3. The number of aromatic nitrogens is 2. The molecule has 0 radical (unpaired) electrons. The summed E-state index contributed by atoms with van der Waals surface area (Å²) in [6.07, 6.45) is 2.30. The van der Waals surface area contributed by atoms with Gasteiger partial charge >= 0.3 is 5.69 Å². The molecule has 1 heterocycles. The number of amides is 1. The van der Waals surface area contributed by atoms with E-state index in [0.717, 1.165) is 12.3 Å². The number of hydrogen-bond acceptors (Lipinski definition) is 6. The average Bonchev–Trinajstić information content (AvgIpc) is 2.97. The molecule has 0 spiro atoms. The third kappa shape index (κ3) is 4.04. The van der Waals surface area contributed by atoms with Crippen molar-refractivity contribution in [3.8, 4) is 0 Å². The molecule has 24 heavy (non-hydrogen) atoms. The number of benzene rings is 1. The Labute approximate surface area is 140 Å². The molecule has 0 fully saturated rings. The molecular weight excluding hydrogens is 342 g/mol. The average molecular weight is 354 g/mol. The largest absolute Gasteiger partial charge is 0.324 e. The third-order valence-corrected chi connectivity index (χ3v) is 3.49. The second-order valence-electron chi connectivity index (χ2n) is 4.99. The lowest BCUT2D eigenvalue weighted by molar-refractivity contribution is -0.385. The van der Waals surface area contributed by atoms with Crippen LogP contribution in [0, 0.1) is 26.1 Å². The topological polar surface area (TPSA) is 133 Å². The second kappa shape index (κ2) is 7.04. The van der Waals surface area contributed by atoms with Gasteiger partial charge < -0.3 is 5.32 Å². The zero-order chi connectivity index (χ0) is 17.9. The summed E-state index contributed by atoms with van der Waals surface area (Å²) in [7, 11) is 0. The Kier molecular flexibility index (Phi) is 5.09. The molecule has 0 aliphatic rings. The normalized spacial score (nSPS) is 11.8. The molecule has 0 saturated carbocycles. The van der Waals surface area contributed by atoms with Gasteiger partial charge in [-0.25, -0.2) is 0 Å². The third-order valence-electron chi connectivity index (χ3n) is 3.16. The molecule has 2 aromatic rings. The number of rotatable bonds is 6. The molecule has 1 aromatic heterocycles. The van der Waals surface area contributed by atoms with Gasteiger partial charge in [-0.05, 0) is 6.07 Å². The van der Waals surface area contributed by atoms with E-state index in [1.54, 1.807) is 6.92 Å². The van der Waals surface area contributed by atoms with Crippen LogP contribution >= 0.6 is 11.6 Å². The summed E-state index contributed by atoms with van der Waals surface area (Å²) in [5.74, 6) is -1.05. The van der Waals surface area contributed by atoms with Crippen molar-refractivity contribution in [2.75, 3.05) is 5.32 Å². The maximum Gasteiger partial charge on any atom is 0.306 e. The van der Waals surface area contributed by atoms with Gasteiger partial charge in [0.25, 0.3) is 5.69 Å². The Balaban J connectivity index is 2.07. The SMILES string of the molecule is CC(Cn1cc([N+](=O)[O-])cn1)C(=O)Nc1cc([N+](=O)[O-])ccc1Cl. The van der Waals surface area contributed by atoms with Crippen molar-refractivity contribution >= 4 is 34.6 Å². The number of nitro groups is 2. The quantitative estimate of drug-likeness (QED) is 0.626. The number of nitrogens with zero attached hydrogens (tertiary/aromatic N) is 4. The van der Waals surface area contributed by atoms with Crippen LogP contribution in [0.3, 0.4) is 0 Å². The lowest BCUT2D eigenvalue weighted by Gasteiger charge is -2.13. The standard InChI is InChI=1S/C13H12ClN5O5/c1-8(6-17-7-10(5-15-17)19(23)24)13(20)16-12-4-9(18(21)22)2-3-11(12)14/h2-5,7-8H,6H2,1H3,(H,16,20). The number of carbonyl (C=O) groups is 1. The van der Waals surface area contributed by atoms with Gasteiger partial charge in [0.1, 0.15) is 12.4 Å². The van der Waals surface area contributed by atoms with Gasteiger partial charge in [0.05, 0.1) is 33.0 Å². The van der Waals surface area contributed by atoms with Gasteiger partial charge in [-0.3, -0.25) is 29.7 Å². The Bertz CT molecular complexity index is 806. The molecule has 1 aromatic carbocycles. The zero-order valence-corrected chi connectivity index (χ0v) is 13.1. The Morgan fingerprint density at radius 1 is 1.33 bits per heavy atom. The highest BCUT2D eigenvalue weighted by Gasteiger charge is 2.18. The van der Waals surface area contributed by atoms with Crippen LogP contribution in [0.25, 0.3) is 0 Å². The van der Waals surface area contributed by atoms with Crippen LogP contribution in [0.4, 0.5) is 17.1 Å². The van der Waals surface area contributed by atoms with Gasteiger partial charge in [0, 0.05) is 12.1 Å². The molecular formula is C13H12ClN5O5. The molecule has 2 rings (SSSR count). The van der Waals surface area contributed by atoms with Crippen LogP contribution in [0.15, 0.2) is 30.6 Å². The molecule has 10 nitrogen and oxygen atoms in total. The van der Waals surface area contributed by atoms with E-state index in [9.17, 15) is 25.0 Å². The lowest BCUT2D eigenvalue weighted by Crippen LogP contribution is -2.24. The first-order valence-electron chi connectivity index (χ1n) is 6.69. The minimum Gasteiger partial charge on any atom is -0.324 e. The van der Waals surface area contributed by atoms with Gasteiger partial charge in [-0.1, -0.05) is 18.5 Å². The van der Waals surface area contributed by atoms with E-state index in [-0.39, 0.29) is 28.6 Å². The van der Waals surface area contributed by atoms with Crippen molar-refractivity contribution in [2.45, 2.75) is 13.5 Å². The predicted molar refractivity (Wildman–Crippen MR) is 84.8 cm³/mol. The van der Waals surface area contributed by atoms with E-state index in [1.165, 1.54) is 23.0 Å². The highest BCUT2D eigenvalue weighted by molar-refractivity contribution is 6.33. The zero-order valence-electron chi connectivity index (χ0n) is 12.4. The monoisotopic (exact) mass is 353 g/mol. The summed E-state index contributed by atoms with van der Waals surface area (Å²) < 4.78 is 1.28. The van der Waals surface area contributed by atoms with Crippen molar-refractivity contribution < 1.29 is 14.6 Å². The molecule has 1 unspecified atom stereocenters. The maximum atomic E-state index is 12.2. The van der Waals surface area contributed by atoms with Crippen LogP contribution in [0.5, 0.6) is 0 Å². The van der Waals surface area contributed by atoms with E-state index in [2.05, 4.69) is 10.4 Å². The van der Waals surface area contributed by atoms with E-state index in [4.69, 9.17) is 11.6 Å². The number of halogens is 1. The number of nitrogens with one attached hydrogen (secondary N) is 1. The van der Waals surface area contributed by atoms with Crippen LogP contribution in [0.2, 0.25) is 5.02 Å². The number of nitro benzene ring substituents is 1. The molecule has 126 valence electrons. The lowest BCUT2D eigenvalue weighted by atomic mass is 10.1. The van der Waals surface area contributed by atoms with Crippen LogP contribution in [-0.2, 0) is 11.3 Å². The number of anilines is 1. The summed E-state index contributed by atoms with van der Waals surface area (Å²) in [4.78, 5) is 32.4. The molecule has 0 bridgehead atoms. The van der Waals surface area contributed by atoms with Crippen molar-refractivity contribution in [3.05, 3.63) is 55.8 Å². The van der Waals surface area contributed by atoms with Crippen LogP contribution < -0.4 is 5.32 Å². The van der Waals surface area contributed by atoms with E-state index < -0.39 is 21.7 Å². The van der Waals surface area contributed by atoms with Crippen LogP contribution in [-0.4, -0.2) is 25.5 Å². The number of hydrogen-bond donors (Lipinski definition) is 1. The van der Waals surface area contributed by atoms with Gasteiger partial charge in [-0.2, -0.15) is 5.10 Å². The molecule has 1 N–H and O–H groups in total. The van der Waals surface area contributed by atoms with Gasteiger partial charge in [-0.15, -0.1) is 0 Å². The van der Waals surface area contributed by atoms with Crippen LogP contribution in [0.1, 0.15) is 6.92 Å². The number of carbonyl (C=O) groups excluding carboxylic acids is 1. The molecule has 1 atom stereocenters. The highest BCUT2D eigenvalue weighted by atomic mass is 35.5. The summed E-state index contributed by atoms with van der Waals surface area (Å²) >= 11 is 5.92. The molecule has 0 saturated heterocycles. The highest BCUT2D eigenvalue weighted by Crippen LogP contribution is 2.27. The molecule has 0 aliphatic carbocycles. The Morgan fingerprint density at radius 3 is 2.58 bits per heavy atom. The molecule has 11 heteroatoms.